The molecule has 0 bridgehead atoms. The van der Waals surface area contributed by atoms with Gasteiger partial charge in [0, 0.05) is 6.04 Å². The van der Waals surface area contributed by atoms with E-state index in [0.717, 1.165) is 5.03 Å². The van der Waals surface area contributed by atoms with Crippen LogP contribution in [-0.2, 0) is 0 Å². The van der Waals surface area contributed by atoms with Crippen molar-refractivity contribution in [1.29, 1.82) is 0 Å². The van der Waals surface area contributed by atoms with Gasteiger partial charge < -0.3 is 5.32 Å². The number of anilines is 1. The van der Waals surface area contributed by atoms with Crippen molar-refractivity contribution in [3.05, 3.63) is 18.3 Å². The van der Waals surface area contributed by atoms with Crippen molar-refractivity contribution in [3.63, 3.8) is 0 Å². The van der Waals surface area contributed by atoms with Crippen molar-refractivity contribution < 1.29 is 0 Å². The lowest BCUT2D eigenvalue weighted by Crippen LogP contribution is -2.22. The molecule has 2 nitrogen and oxygen atoms in total. The van der Waals surface area contributed by atoms with Crippen LogP contribution in [0.3, 0.4) is 0 Å². The highest BCUT2D eigenvalue weighted by Gasteiger charge is 2.12. The van der Waals surface area contributed by atoms with Crippen LogP contribution >= 0.6 is 11.8 Å². The number of aromatic nitrogens is 1. The van der Waals surface area contributed by atoms with Crippen LogP contribution in [0.25, 0.3) is 0 Å². The van der Waals surface area contributed by atoms with Crippen LogP contribution in [0.15, 0.2) is 23.4 Å². The minimum Gasteiger partial charge on any atom is -0.381 e. The van der Waals surface area contributed by atoms with Crippen LogP contribution in [0.2, 0.25) is 0 Å². The van der Waals surface area contributed by atoms with Crippen molar-refractivity contribution in [2.45, 2.75) is 43.2 Å². The van der Waals surface area contributed by atoms with Crippen molar-refractivity contribution in [2.75, 3.05) is 11.6 Å². The van der Waals surface area contributed by atoms with Crippen LogP contribution in [0.1, 0.15) is 32.1 Å². The third kappa shape index (κ3) is 3.13. The first-order valence-corrected chi connectivity index (χ1v) is 6.87. The monoisotopic (exact) mass is 222 g/mol. The van der Waals surface area contributed by atoms with E-state index >= 15 is 0 Å². The van der Waals surface area contributed by atoms with Gasteiger partial charge in [-0.3, -0.25) is 0 Å². The Morgan fingerprint density at radius 3 is 2.67 bits per heavy atom. The zero-order chi connectivity index (χ0) is 10.5. The molecule has 1 heterocycles. The second-order valence-electron chi connectivity index (χ2n) is 4.07. The third-order valence-corrected chi connectivity index (χ3v) is 3.58. The second kappa shape index (κ2) is 5.40. The topological polar surface area (TPSA) is 24.9 Å². The number of hydrogen-bond donors (Lipinski definition) is 1. The average molecular weight is 222 g/mol. The van der Waals surface area contributed by atoms with Gasteiger partial charge in [-0.2, -0.15) is 0 Å². The van der Waals surface area contributed by atoms with E-state index in [-0.39, 0.29) is 0 Å². The van der Waals surface area contributed by atoms with E-state index < -0.39 is 0 Å². The summed E-state index contributed by atoms with van der Waals surface area (Å²) in [4.78, 5) is 4.36. The van der Waals surface area contributed by atoms with Crippen LogP contribution in [-0.4, -0.2) is 17.3 Å². The molecule has 1 aromatic rings. The molecule has 1 saturated carbocycles. The summed E-state index contributed by atoms with van der Waals surface area (Å²) in [7, 11) is 0. The molecule has 1 aromatic heterocycles. The van der Waals surface area contributed by atoms with E-state index in [9.17, 15) is 0 Å². The molecule has 82 valence electrons. The number of thioether (sulfide) groups is 1. The second-order valence-corrected chi connectivity index (χ2v) is 4.90. The summed E-state index contributed by atoms with van der Waals surface area (Å²) in [5, 5.41) is 4.65. The van der Waals surface area contributed by atoms with Crippen molar-refractivity contribution in [3.8, 4) is 0 Å². The molecule has 0 amide bonds. The summed E-state index contributed by atoms with van der Waals surface area (Å²) in [5.41, 5.74) is 1.17. The maximum absolute atomic E-state index is 4.36. The van der Waals surface area contributed by atoms with Gasteiger partial charge in [0.25, 0.3) is 0 Å². The van der Waals surface area contributed by atoms with Gasteiger partial charge in [-0.05, 0) is 31.2 Å². The predicted octanol–water partition coefficient (Wildman–Crippen LogP) is 3.55. The smallest absolute Gasteiger partial charge is 0.0958 e. The SMILES string of the molecule is CSc1ccc(NC2CCCCC2)cn1. The number of hydrogen-bond acceptors (Lipinski definition) is 3. The van der Waals surface area contributed by atoms with Gasteiger partial charge in [0.1, 0.15) is 0 Å². The van der Waals surface area contributed by atoms with E-state index in [1.165, 1.54) is 37.8 Å². The van der Waals surface area contributed by atoms with Crippen molar-refractivity contribution in [1.82, 2.24) is 4.98 Å². The molecule has 3 heteroatoms. The number of nitrogens with zero attached hydrogens (tertiary/aromatic N) is 1. The number of nitrogens with one attached hydrogen (secondary N) is 1. The minimum atomic E-state index is 0.667. The minimum absolute atomic E-state index is 0.667. The molecule has 15 heavy (non-hydrogen) atoms. The summed E-state index contributed by atoms with van der Waals surface area (Å²) in [6, 6.07) is 4.88. The summed E-state index contributed by atoms with van der Waals surface area (Å²) >= 11 is 1.68. The Balaban J connectivity index is 1.91. The van der Waals surface area contributed by atoms with Gasteiger partial charge in [0.05, 0.1) is 16.9 Å². The average Bonchev–Trinajstić information content (AvgIpc) is 2.31. The first-order valence-electron chi connectivity index (χ1n) is 5.65. The Labute approximate surface area is 95.9 Å². The highest BCUT2D eigenvalue weighted by atomic mass is 32.2. The zero-order valence-corrected chi connectivity index (χ0v) is 10.0. The van der Waals surface area contributed by atoms with Gasteiger partial charge in [-0.25, -0.2) is 4.98 Å². The molecule has 0 atom stereocenters. The highest BCUT2D eigenvalue weighted by Crippen LogP contribution is 2.22. The Hall–Kier alpha value is -0.700. The Kier molecular flexibility index (Phi) is 3.89. The summed E-state index contributed by atoms with van der Waals surface area (Å²) in [6.45, 7) is 0. The van der Waals surface area contributed by atoms with Gasteiger partial charge in [0.2, 0.25) is 0 Å². The maximum Gasteiger partial charge on any atom is 0.0958 e. The number of pyridine rings is 1. The summed E-state index contributed by atoms with van der Waals surface area (Å²) < 4.78 is 0. The van der Waals surface area contributed by atoms with E-state index in [1.54, 1.807) is 11.8 Å². The lowest BCUT2D eigenvalue weighted by atomic mass is 9.95. The standard InChI is InChI=1S/C12H18N2S/c1-15-12-8-7-11(9-13-12)14-10-5-3-2-4-6-10/h7-10,14H,2-6H2,1H3. The van der Waals surface area contributed by atoms with Crippen LogP contribution in [0, 0.1) is 0 Å². The summed E-state index contributed by atoms with van der Waals surface area (Å²) in [6.07, 6.45) is 10.8. The molecule has 1 fully saturated rings. The lowest BCUT2D eigenvalue weighted by Gasteiger charge is -2.23. The molecular formula is C12H18N2S. The molecule has 0 radical (unpaired) electrons. The normalized spacial score (nSPS) is 17.7. The van der Waals surface area contributed by atoms with Crippen molar-refractivity contribution in [2.24, 2.45) is 0 Å². The van der Waals surface area contributed by atoms with E-state index in [0.29, 0.717) is 6.04 Å². The Morgan fingerprint density at radius 1 is 1.27 bits per heavy atom. The molecule has 0 spiro atoms. The van der Waals surface area contributed by atoms with Gasteiger partial charge in [-0.15, -0.1) is 11.8 Å². The first-order chi connectivity index (χ1) is 7.38. The molecule has 0 aromatic carbocycles. The van der Waals surface area contributed by atoms with E-state index in [2.05, 4.69) is 28.7 Å². The largest absolute Gasteiger partial charge is 0.381 e. The Morgan fingerprint density at radius 2 is 2.07 bits per heavy atom. The van der Waals surface area contributed by atoms with Gasteiger partial charge in [-0.1, -0.05) is 19.3 Å². The third-order valence-electron chi connectivity index (χ3n) is 2.92. The van der Waals surface area contributed by atoms with Gasteiger partial charge in [0.15, 0.2) is 0 Å². The zero-order valence-electron chi connectivity index (χ0n) is 9.20. The van der Waals surface area contributed by atoms with Crippen LogP contribution < -0.4 is 5.32 Å². The maximum atomic E-state index is 4.36. The van der Waals surface area contributed by atoms with Crippen LogP contribution in [0.4, 0.5) is 5.69 Å². The van der Waals surface area contributed by atoms with E-state index in [4.69, 9.17) is 0 Å². The quantitative estimate of drug-likeness (QED) is 0.792. The molecule has 1 aliphatic rings. The molecule has 2 rings (SSSR count). The fourth-order valence-electron chi connectivity index (χ4n) is 2.07. The Bertz CT molecular complexity index is 291. The van der Waals surface area contributed by atoms with Gasteiger partial charge >= 0.3 is 0 Å². The molecule has 0 unspecified atom stereocenters. The fraction of sp³-hybridized carbons (Fsp3) is 0.583. The predicted molar refractivity (Wildman–Crippen MR) is 66.5 cm³/mol. The summed E-state index contributed by atoms with van der Waals surface area (Å²) in [5.74, 6) is 0. The van der Waals surface area contributed by atoms with Crippen molar-refractivity contribution >= 4 is 17.4 Å². The molecule has 1 N–H and O–H groups in total. The highest BCUT2D eigenvalue weighted by molar-refractivity contribution is 7.98. The molecule has 1 aliphatic carbocycles. The molecule has 0 aliphatic heterocycles. The van der Waals surface area contributed by atoms with Crippen LogP contribution in [0.5, 0.6) is 0 Å². The molecular weight excluding hydrogens is 204 g/mol. The number of rotatable bonds is 3. The molecule has 0 saturated heterocycles. The fourth-order valence-corrected chi connectivity index (χ4v) is 2.43. The lowest BCUT2D eigenvalue weighted by molar-refractivity contribution is 0.462. The first kappa shape index (κ1) is 10.8. The van der Waals surface area contributed by atoms with E-state index in [1.807, 2.05) is 6.20 Å².